The molecule has 0 spiro atoms. The number of carbonyl (C=O) groups excluding carboxylic acids is 1. The van der Waals surface area contributed by atoms with E-state index in [9.17, 15) is 4.79 Å². The summed E-state index contributed by atoms with van der Waals surface area (Å²) in [6, 6.07) is 23.6. The topological polar surface area (TPSA) is 42.0 Å². The van der Waals surface area contributed by atoms with E-state index in [-0.39, 0.29) is 5.91 Å². The normalized spacial score (nSPS) is 14.2. The summed E-state index contributed by atoms with van der Waals surface area (Å²) in [4.78, 5) is 17.4. The zero-order valence-corrected chi connectivity index (χ0v) is 19.8. The molecule has 0 atom stereocenters. The first-order valence-corrected chi connectivity index (χ1v) is 11.5. The van der Waals surface area contributed by atoms with Crippen LogP contribution >= 0.6 is 15.9 Å². The van der Waals surface area contributed by atoms with E-state index in [4.69, 9.17) is 9.47 Å². The SMILES string of the molecule is COc1cccc(CN2CCN(C(=O)c3cccc(COc4ccc(Br)cc4)c3)CC2)c1. The number of hydrogen-bond donors (Lipinski definition) is 0. The van der Waals surface area contributed by atoms with Gasteiger partial charge in [-0.2, -0.15) is 0 Å². The number of rotatable bonds is 7. The van der Waals surface area contributed by atoms with Crippen LogP contribution in [0.25, 0.3) is 0 Å². The molecule has 6 heteroatoms. The molecule has 0 radical (unpaired) electrons. The number of ether oxygens (including phenoxy) is 2. The fourth-order valence-corrected chi connectivity index (χ4v) is 4.08. The van der Waals surface area contributed by atoms with Crippen molar-refractivity contribution in [3.63, 3.8) is 0 Å². The number of amides is 1. The number of carbonyl (C=O) groups is 1. The molecule has 4 rings (SSSR count). The van der Waals surface area contributed by atoms with Crippen LogP contribution in [-0.2, 0) is 13.2 Å². The van der Waals surface area contributed by atoms with Gasteiger partial charge in [-0.05, 0) is 59.7 Å². The molecule has 1 heterocycles. The fourth-order valence-electron chi connectivity index (χ4n) is 3.81. The maximum Gasteiger partial charge on any atom is 0.253 e. The Morgan fingerprint density at radius 1 is 0.875 bits per heavy atom. The third-order valence-corrected chi connectivity index (χ3v) is 6.12. The molecule has 1 aliphatic rings. The lowest BCUT2D eigenvalue weighted by atomic mass is 10.1. The average molecular weight is 495 g/mol. The molecule has 5 nitrogen and oxygen atoms in total. The van der Waals surface area contributed by atoms with Gasteiger partial charge >= 0.3 is 0 Å². The van der Waals surface area contributed by atoms with Gasteiger partial charge in [0.1, 0.15) is 18.1 Å². The molecule has 0 N–H and O–H groups in total. The molecule has 1 aliphatic heterocycles. The van der Waals surface area contributed by atoms with Crippen LogP contribution in [-0.4, -0.2) is 49.0 Å². The highest BCUT2D eigenvalue weighted by Crippen LogP contribution is 2.19. The molecule has 32 heavy (non-hydrogen) atoms. The Kier molecular flexibility index (Phi) is 7.45. The third kappa shape index (κ3) is 5.90. The van der Waals surface area contributed by atoms with Gasteiger partial charge in [0, 0.05) is 42.8 Å². The first kappa shape index (κ1) is 22.4. The Balaban J connectivity index is 1.30. The molecule has 0 unspecified atom stereocenters. The summed E-state index contributed by atoms with van der Waals surface area (Å²) >= 11 is 3.42. The number of benzene rings is 3. The maximum absolute atomic E-state index is 13.1. The summed E-state index contributed by atoms with van der Waals surface area (Å²) in [6.07, 6.45) is 0. The molecule has 0 bridgehead atoms. The summed E-state index contributed by atoms with van der Waals surface area (Å²) in [5.41, 5.74) is 2.92. The highest BCUT2D eigenvalue weighted by atomic mass is 79.9. The number of halogens is 1. The van der Waals surface area contributed by atoms with E-state index < -0.39 is 0 Å². The van der Waals surface area contributed by atoms with Gasteiger partial charge in [-0.25, -0.2) is 0 Å². The van der Waals surface area contributed by atoms with Crippen LogP contribution in [0.3, 0.4) is 0 Å². The zero-order chi connectivity index (χ0) is 22.3. The minimum atomic E-state index is 0.0801. The molecule has 1 amide bonds. The molecule has 1 saturated heterocycles. The minimum absolute atomic E-state index is 0.0801. The molecule has 0 aliphatic carbocycles. The summed E-state index contributed by atoms with van der Waals surface area (Å²) < 4.78 is 12.2. The van der Waals surface area contributed by atoms with E-state index in [2.05, 4.69) is 33.0 Å². The van der Waals surface area contributed by atoms with Gasteiger partial charge in [-0.3, -0.25) is 9.69 Å². The summed E-state index contributed by atoms with van der Waals surface area (Å²) in [5.74, 6) is 1.76. The highest BCUT2D eigenvalue weighted by molar-refractivity contribution is 9.10. The van der Waals surface area contributed by atoms with Gasteiger partial charge in [0.2, 0.25) is 0 Å². The largest absolute Gasteiger partial charge is 0.497 e. The van der Waals surface area contributed by atoms with Gasteiger partial charge in [0.15, 0.2) is 0 Å². The van der Waals surface area contributed by atoms with Crippen LogP contribution < -0.4 is 9.47 Å². The van der Waals surface area contributed by atoms with Gasteiger partial charge in [0.25, 0.3) is 5.91 Å². The quantitative estimate of drug-likeness (QED) is 0.463. The lowest BCUT2D eigenvalue weighted by Crippen LogP contribution is -2.48. The Labute approximate surface area is 197 Å². The second kappa shape index (κ2) is 10.7. The van der Waals surface area contributed by atoms with Crippen molar-refractivity contribution in [3.8, 4) is 11.5 Å². The molecule has 1 fully saturated rings. The zero-order valence-electron chi connectivity index (χ0n) is 18.2. The number of piperazine rings is 1. The predicted octanol–water partition coefficient (Wildman–Crippen LogP) is 4.99. The first-order valence-electron chi connectivity index (χ1n) is 10.7. The van der Waals surface area contributed by atoms with Crippen molar-refractivity contribution < 1.29 is 14.3 Å². The maximum atomic E-state index is 13.1. The van der Waals surface area contributed by atoms with Gasteiger partial charge in [-0.1, -0.05) is 40.2 Å². The van der Waals surface area contributed by atoms with Crippen molar-refractivity contribution in [3.05, 3.63) is 94.0 Å². The smallest absolute Gasteiger partial charge is 0.253 e. The molecule has 0 aromatic heterocycles. The molecular weight excluding hydrogens is 468 g/mol. The molecule has 0 saturated carbocycles. The van der Waals surface area contributed by atoms with Crippen molar-refractivity contribution in [1.82, 2.24) is 9.80 Å². The van der Waals surface area contributed by atoms with E-state index in [1.165, 1.54) is 5.56 Å². The van der Waals surface area contributed by atoms with Crippen LogP contribution in [0, 0.1) is 0 Å². The number of methoxy groups -OCH3 is 1. The van der Waals surface area contributed by atoms with Gasteiger partial charge < -0.3 is 14.4 Å². The molecule has 3 aromatic carbocycles. The second-order valence-electron chi connectivity index (χ2n) is 7.86. The molecular formula is C26H27BrN2O3. The van der Waals surface area contributed by atoms with E-state index >= 15 is 0 Å². The van der Waals surface area contributed by atoms with Crippen LogP contribution in [0.5, 0.6) is 11.5 Å². The monoisotopic (exact) mass is 494 g/mol. The van der Waals surface area contributed by atoms with E-state index in [1.807, 2.05) is 65.6 Å². The van der Waals surface area contributed by atoms with Gasteiger partial charge in [0.05, 0.1) is 7.11 Å². The Morgan fingerprint density at radius 2 is 1.59 bits per heavy atom. The average Bonchev–Trinajstić information content (AvgIpc) is 2.84. The van der Waals surface area contributed by atoms with Crippen molar-refractivity contribution in [2.24, 2.45) is 0 Å². The van der Waals surface area contributed by atoms with Crippen LogP contribution in [0.1, 0.15) is 21.5 Å². The lowest BCUT2D eigenvalue weighted by Gasteiger charge is -2.35. The lowest BCUT2D eigenvalue weighted by molar-refractivity contribution is 0.0628. The van der Waals surface area contributed by atoms with Crippen molar-refractivity contribution in [2.45, 2.75) is 13.2 Å². The summed E-state index contributed by atoms with van der Waals surface area (Å²) in [6.45, 7) is 4.45. The van der Waals surface area contributed by atoms with Crippen LogP contribution in [0.4, 0.5) is 0 Å². The number of nitrogens with zero attached hydrogens (tertiary/aromatic N) is 2. The second-order valence-corrected chi connectivity index (χ2v) is 8.78. The van der Waals surface area contributed by atoms with E-state index in [0.29, 0.717) is 12.2 Å². The Morgan fingerprint density at radius 3 is 2.34 bits per heavy atom. The molecule has 166 valence electrons. The van der Waals surface area contributed by atoms with Crippen LogP contribution in [0.15, 0.2) is 77.3 Å². The summed E-state index contributed by atoms with van der Waals surface area (Å²) in [7, 11) is 1.69. The standard InChI is InChI=1S/C26H27BrN2O3/c1-31-25-7-3-4-20(17-25)18-28-12-14-29(15-13-28)26(30)22-6-2-5-21(16-22)19-32-24-10-8-23(27)9-11-24/h2-11,16-17H,12-15,18-19H2,1H3. The molecule has 3 aromatic rings. The Hall–Kier alpha value is -2.83. The fraction of sp³-hybridized carbons (Fsp3) is 0.269. The predicted molar refractivity (Wildman–Crippen MR) is 129 cm³/mol. The number of hydrogen-bond acceptors (Lipinski definition) is 4. The van der Waals surface area contributed by atoms with E-state index in [1.54, 1.807) is 7.11 Å². The Bertz CT molecular complexity index is 1050. The first-order chi connectivity index (χ1) is 15.6. The van der Waals surface area contributed by atoms with E-state index in [0.717, 1.165) is 54.3 Å². The summed E-state index contributed by atoms with van der Waals surface area (Å²) in [5, 5.41) is 0. The minimum Gasteiger partial charge on any atom is -0.497 e. The van der Waals surface area contributed by atoms with Crippen molar-refractivity contribution in [2.75, 3.05) is 33.3 Å². The van der Waals surface area contributed by atoms with Gasteiger partial charge in [-0.15, -0.1) is 0 Å². The third-order valence-electron chi connectivity index (χ3n) is 5.59. The van der Waals surface area contributed by atoms with Crippen molar-refractivity contribution in [1.29, 1.82) is 0 Å². The highest BCUT2D eigenvalue weighted by Gasteiger charge is 2.22. The van der Waals surface area contributed by atoms with Crippen LogP contribution in [0.2, 0.25) is 0 Å². The van der Waals surface area contributed by atoms with Crippen molar-refractivity contribution >= 4 is 21.8 Å².